The third-order valence-electron chi connectivity index (χ3n) is 7.28. The number of esters is 1. The van der Waals surface area contributed by atoms with Crippen LogP contribution < -0.4 is 15.4 Å². The number of hydrogen-bond acceptors (Lipinski definition) is 12. The standard InChI is InChI=1S/C31H46N4O13S/c36-27(9-2-1-3-18-34-29(38)14-15-30(34)39)32-16-7-21-46-19-4-5-20-47-22-8-17-33-28(37)10-6-11-31(40)48-26-13-12-24(49(43,44)45)23-25(26)35(41)42/h12-13,23H,1-11,14-22H2,(H,32,36)(H,33,37)(H,43,44,45). The molecule has 49 heavy (non-hydrogen) atoms. The molecule has 0 aromatic heterocycles. The van der Waals surface area contributed by atoms with Crippen LogP contribution in [0.4, 0.5) is 5.69 Å². The van der Waals surface area contributed by atoms with Crippen LogP contribution in [-0.4, -0.2) is 98.5 Å². The number of carbonyl (C=O) groups excluding carboxylic acids is 5. The lowest BCUT2D eigenvalue weighted by Crippen LogP contribution is -2.30. The van der Waals surface area contributed by atoms with Crippen LogP contribution in [0.5, 0.6) is 5.75 Å². The molecule has 0 aliphatic carbocycles. The smallest absolute Gasteiger partial charge is 0.313 e. The minimum Gasteiger partial charge on any atom is -0.419 e. The third kappa shape index (κ3) is 17.3. The third-order valence-corrected chi connectivity index (χ3v) is 8.13. The Balaban J connectivity index is 1.36. The first-order valence-corrected chi connectivity index (χ1v) is 17.8. The first-order chi connectivity index (χ1) is 23.4. The summed E-state index contributed by atoms with van der Waals surface area (Å²) in [5.41, 5.74) is -0.804. The Morgan fingerprint density at radius 3 is 1.90 bits per heavy atom. The van der Waals surface area contributed by atoms with Crippen molar-refractivity contribution in [3.8, 4) is 5.75 Å². The number of carbonyl (C=O) groups is 5. The number of hydrogen-bond donors (Lipinski definition) is 3. The minimum atomic E-state index is -4.68. The maximum Gasteiger partial charge on any atom is 0.313 e. The quantitative estimate of drug-likeness (QED) is 0.0238. The number of nitrogens with one attached hydrogen (secondary N) is 2. The summed E-state index contributed by atoms with van der Waals surface area (Å²) in [4.78, 5) is 69.9. The predicted molar refractivity (Wildman–Crippen MR) is 173 cm³/mol. The summed E-state index contributed by atoms with van der Waals surface area (Å²) >= 11 is 0. The van der Waals surface area contributed by atoms with E-state index in [9.17, 15) is 42.5 Å². The number of unbranched alkanes of at least 4 members (excludes halogenated alkanes) is 3. The lowest BCUT2D eigenvalue weighted by atomic mass is 10.2. The van der Waals surface area contributed by atoms with Gasteiger partial charge in [0.25, 0.3) is 10.1 Å². The lowest BCUT2D eigenvalue weighted by Gasteiger charge is -2.13. The van der Waals surface area contributed by atoms with Crippen molar-refractivity contribution in [1.29, 1.82) is 0 Å². The molecule has 4 amide bonds. The minimum absolute atomic E-state index is 0.0210. The molecule has 1 aliphatic heterocycles. The molecule has 0 spiro atoms. The van der Waals surface area contributed by atoms with Gasteiger partial charge in [-0.1, -0.05) is 6.42 Å². The van der Waals surface area contributed by atoms with Gasteiger partial charge in [-0.05, 0) is 57.1 Å². The topological polar surface area (TPSA) is 238 Å². The van der Waals surface area contributed by atoms with Gasteiger partial charge in [0.15, 0.2) is 0 Å². The number of nitrogens with zero attached hydrogens (tertiary/aromatic N) is 2. The number of benzene rings is 1. The van der Waals surface area contributed by atoms with Crippen molar-refractivity contribution in [2.24, 2.45) is 0 Å². The van der Waals surface area contributed by atoms with Crippen molar-refractivity contribution in [2.45, 2.75) is 88.4 Å². The highest BCUT2D eigenvalue weighted by Gasteiger charge is 2.28. The molecule has 3 N–H and O–H groups in total. The number of rotatable bonds is 26. The first kappa shape index (κ1) is 41.2. The molecule has 0 bridgehead atoms. The molecule has 274 valence electrons. The van der Waals surface area contributed by atoms with Gasteiger partial charge < -0.3 is 24.8 Å². The molecule has 0 radical (unpaired) electrons. The zero-order valence-corrected chi connectivity index (χ0v) is 28.3. The van der Waals surface area contributed by atoms with Gasteiger partial charge in [0, 0.05) is 84.2 Å². The van der Waals surface area contributed by atoms with E-state index in [1.807, 2.05) is 0 Å². The molecule has 17 nitrogen and oxygen atoms in total. The molecule has 2 rings (SSSR count). The van der Waals surface area contributed by atoms with E-state index in [-0.39, 0.29) is 42.9 Å². The molecule has 1 aromatic carbocycles. The summed E-state index contributed by atoms with van der Waals surface area (Å²) in [5.74, 6) is -1.84. The molecule has 1 heterocycles. The van der Waals surface area contributed by atoms with E-state index >= 15 is 0 Å². The van der Waals surface area contributed by atoms with Gasteiger partial charge in [-0.15, -0.1) is 0 Å². The van der Waals surface area contributed by atoms with Gasteiger partial charge in [0.2, 0.25) is 29.4 Å². The fourth-order valence-corrected chi connectivity index (χ4v) is 5.15. The summed E-state index contributed by atoms with van der Waals surface area (Å²) in [6.45, 7) is 3.49. The Hall–Kier alpha value is -4.00. The van der Waals surface area contributed by atoms with Crippen molar-refractivity contribution >= 4 is 45.4 Å². The van der Waals surface area contributed by atoms with Crippen LogP contribution in [0.3, 0.4) is 0 Å². The number of nitro groups is 1. The highest BCUT2D eigenvalue weighted by Crippen LogP contribution is 2.30. The summed E-state index contributed by atoms with van der Waals surface area (Å²) in [6.07, 6.45) is 6.11. The maximum absolute atomic E-state index is 12.0. The number of imide groups is 1. The SMILES string of the molecule is O=C(CCCCCN1C(=O)CCC1=O)NCCCOCCCCOCCCNC(=O)CCCC(=O)Oc1ccc(S(=O)(=O)O)cc1[N+](=O)[O-]. The van der Waals surface area contributed by atoms with Gasteiger partial charge in [-0.3, -0.25) is 43.5 Å². The van der Waals surface area contributed by atoms with Crippen LogP contribution >= 0.6 is 0 Å². The van der Waals surface area contributed by atoms with E-state index in [0.717, 1.165) is 31.4 Å². The molecule has 1 fully saturated rings. The molecular formula is C31H46N4O13S. The second kappa shape index (κ2) is 22.6. The summed E-state index contributed by atoms with van der Waals surface area (Å²) < 4.78 is 47.5. The average Bonchev–Trinajstić information content (AvgIpc) is 3.36. The number of likely N-dealkylation sites (tertiary alicyclic amines) is 1. The van der Waals surface area contributed by atoms with Gasteiger partial charge in [0.05, 0.1) is 4.92 Å². The molecule has 0 unspecified atom stereocenters. The molecule has 0 saturated carbocycles. The summed E-state index contributed by atoms with van der Waals surface area (Å²) in [6, 6.07) is 2.35. The normalized spacial score (nSPS) is 13.0. The Kier molecular flexibility index (Phi) is 19.0. The van der Waals surface area contributed by atoms with Crippen molar-refractivity contribution in [3.63, 3.8) is 0 Å². The highest BCUT2D eigenvalue weighted by atomic mass is 32.2. The average molecular weight is 715 g/mol. The van der Waals surface area contributed by atoms with Gasteiger partial charge >= 0.3 is 11.7 Å². The first-order valence-electron chi connectivity index (χ1n) is 16.4. The van der Waals surface area contributed by atoms with Crippen LogP contribution in [0.25, 0.3) is 0 Å². The van der Waals surface area contributed by atoms with Crippen molar-refractivity contribution in [1.82, 2.24) is 15.5 Å². The Labute approximate surface area is 285 Å². The summed E-state index contributed by atoms with van der Waals surface area (Å²) in [7, 11) is -4.68. The van der Waals surface area contributed by atoms with E-state index in [4.69, 9.17) is 18.8 Å². The van der Waals surface area contributed by atoms with Crippen molar-refractivity contribution in [2.75, 3.05) is 46.1 Å². The maximum atomic E-state index is 12.0. The van der Waals surface area contributed by atoms with Gasteiger partial charge in [-0.2, -0.15) is 8.42 Å². The molecule has 1 aliphatic rings. The van der Waals surface area contributed by atoms with E-state index in [1.165, 1.54) is 4.90 Å². The van der Waals surface area contributed by atoms with Crippen LogP contribution in [0.15, 0.2) is 23.1 Å². The van der Waals surface area contributed by atoms with E-state index in [0.29, 0.717) is 97.1 Å². The highest BCUT2D eigenvalue weighted by molar-refractivity contribution is 7.85. The fraction of sp³-hybridized carbons (Fsp3) is 0.645. The largest absolute Gasteiger partial charge is 0.419 e. The zero-order chi connectivity index (χ0) is 36.1. The molecular weight excluding hydrogens is 668 g/mol. The van der Waals surface area contributed by atoms with Gasteiger partial charge in [0.1, 0.15) is 4.90 Å². The van der Waals surface area contributed by atoms with Crippen LogP contribution in [0.1, 0.15) is 83.5 Å². The molecule has 1 aromatic rings. The van der Waals surface area contributed by atoms with Crippen molar-refractivity contribution < 1.29 is 56.1 Å². The fourth-order valence-electron chi connectivity index (χ4n) is 4.65. The number of ether oxygens (including phenoxy) is 3. The predicted octanol–water partition coefficient (Wildman–Crippen LogP) is 2.45. The summed E-state index contributed by atoms with van der Waals surface area (Å²) in [5, 5.41) is 16.8. The molecule has 0 atom stereocenters. The monoisotopic (exact) mass is 714 g/mol. The second-order valence-corrected chi connectivity index (χ2v) is 12.7. The van der Waals surface area contributed by atoms with Crippen LogP contribution in [0.2, 0.25) is 0 Å². The zero-order valence-electron chi connectivity index (χ0n) is 27.5. The second-order valence-electron chi connectivity index (χ2n) is 11.3. The Morgan fingerprint density at radius 2 is 1.35 bits per heavy atom. The van der Waals surface area contributed by atoms with E-state index in [2.05, 4.69) is 10.6 Å². The van der Waals surface area contributed by atoms with Crippen LogP contribution in [-0.2, 0) is 43.6 Å². The number of nitro benzene ring substituents is 1. The molecule has 1 saturated heterocycles. The number of amides is 4. The Morgan fingerprint density at radius 1 is 0.796 bits per heavy atom. The lowest BCUT2D eigenvalue weighted by molar-refractivity contribution is -0.385. The van der Waals surface area contributed by atoms with E-state index < -0.39 is 37.3 Å². The van der Waals surface area contributed by atoms with E-state index in [1.54, 1.807) is 0 Å². The Bertz CT molecular complexity index is 1370. The van der Waals surface area contributed by atoms with Crippen LogP contribution in [0, 0.1) is 10.1 Å². The van der Waals surface area contributed by atoms with Gasteiger partial charge in [-0.25, -0.2) is 0 Å². The molecule has 18 heteroatoms. The van der Waals surface area contributed by atoms with Crippen molar-refractivity contribution in [3.05, 3.63) is 28.3 Å².